The molecule has 18 heavy (non-hydrogen) atoms. The van der Waals surface area contributed by atoms with Crippen LogP contribution in [0.4, 0.5) is 0 Å². The standard InChI is InChI=1S/C12H24N2O3S/c1-14-9-4-3-5-11(14)6-7-12(15)13-8-10-18(2,16)17/h11H,3-10H2,1-2H3,(H,13,15). The third-order valence-corrected chi connectivity index (χ3v) is 4.37. The number of carbonyl (C=O) groups excluding carboxylic acids is 1. The van der Waals surface area contributed by atoms with Crippen LogP contribution in [0.15, 0.2) is 0 Å². The fraction of sp³-hybridized carbons (Fsp3) is 0.917. The van der Waals surface area contributed by atoms with Gasteiger partial charge in [0.1, 0.15) is 9.84 Å². The van der Waals surface area contributed by atoms with Gasteiger partial charge in [0.05, 0.1) is 5.75 Å². The second kappa shape index (κ2) is 7.09. The topological polar surface area (TPSA) is 66.5 Å². The van der Waals surface area contributed by atoms with Crippen LogP contribution >= 0.6 is 0 Å². The lowest BCUT2D eigenvalue weighted by molar-refractivity contribution is -0.121. The SMILES string of the molecule is CN1CCCCC1CCC(=O)NCCS(C)(=O)=O. The van der Waals surface area contributed by atoms with Crippen molar-refractivity contribution >= 4 is 15.7 Å². The maximum Gasteiger partial charge on any atom is 0.220 e. The highest BCUT2D eigenvalue weighted by molar-refractivity contribution is 7.90. The van der Waals surface area contributed by atoms with Crippen LogP contribution in [0.5, 0.6) is 0 Å². The molecule has 0 spiro atoms. The molecule has 0 aliphatic carbocycles. The molecule has 5 nitrogen and oxygen atoms in total. The Labute approximate surface area is 110 Å². The third kappa shape index (κ3) is 6.35. The van der Waals surface area contributed by atoms with Gasteiger partial charge in [0.15, 0.2) is 0 Å². The molecule has 1 saturated heterocycles. The van der Waals surface area contributed by atoms with Gasteiger partial charge in [0.25, 0.3) is 0 Å². The number of sulfone groups is 1. The molecule has 0 radical (unpaired) electrons. The smallest absolute Gasteiger partial charge is 0.220 e. The highest BCUT2D eigenvalue weighted by Crippen LogP contribution is 2.18. The van der Waals surface area contributed by atoms with Gasteiger partial charge in [0.2, 0.25) is 5.91 Å². The molecule has 6 heteroatoms. The first-order valence-corrected chi connectivity index (χ1v) is 8.59. The van der Waals surface area contributed by atoms with Crippen LogP contribution in [-0.4, -0.2) is 57.4 Å². The zero-order valence-electron chi connectivity index (χ0n) is 11.3. The van der Waals surface area contributed by atoms with Crippen LogP contribution in [0.2, 0.25) is 0 Å². The summed E-state index contributed by atoms with van der Waals surface area (Å²) < 4.78 is 21.8. The van der Waals surface area contributed by atoms with Crippen molar-refractivity contribution in [2.45, 2.75) is 38.1 Å². The average molecular weight is 276 g/mol. The number of likely N-dealkylation sites (tertiary alicyclic amines) is 1. The number of rotatable bonds is 6. The summed E-state index contributed by atoms with van der Waals surface area (Å²) in [5.74, 6) is -0.0279. The van der Waals surface area contributed by atoms with Gasteiger partial charge in [-0.1, -0.05) is 6.42 Å². The first-order valence-electron chi connectivity index (χ1n) is 6.53. The van der Waals surface area contributed by atoms with E-state index in [9.17, 15) is 13.2 Å². The van der Waals surface area contributed by atoms with Crippen molar-refractivity contribution in [1.82, 2.24) is 10.2 Å². The van der Waals surface area contributed by atoms with Gasteiger partial charge in [0, 0.05) is 25.3 Å². The fourth-order valence-electron chi connectivity index (χ4n) is 2.27. The summed E-state index contributed by atoms with van der Waals surface area (Å²) in [4.78, 5) is 13.9. The summed E-state index contributed by atoms with van der Waals surface area (Å²) in [5.41, 5.74) is 0. The van der Waals surface area contributed by atoms with Crippen molar-refractivity contribution in [2.75, 3.05) is 32.1 Å². The molecule has 106 valence electrons. The van der Waals surface area contributed by atoms with E-state index in [1.807, 2.05) is 0 Å². The molecule has 1 aliphatic heterocycles. The lowest BCUT2D eigenvalue weighted by Crippen LogP contribution is -2.37. The summed E-state index contributed by atoms with van der Waals surface area (Å²) in [7, 11) is -0.884. The van der Waals surface area contributed by atoms with Crippen LogP contribution in [0, 0.1) is 0 Å². The summed E-state index contributed by atoms with van der Waals surface area (Å²) in [6.45, 7) is 1.33. The molecule has 0 saturated carbocycles. The molecule has 0 bridgehead atoms. The van der Waals surface area contributed by atoms with Crippen molar-refractivity contribution in [2.24, 2.45) is 0 Å². The molecule has 0 aromatic heterocycles. The molecular formula is C12H24N2O3S. The van der Waals surface area contributed by atoms with Crippen LogP contribution in [-0.2, 0) is 14.6 Å². The summed E-state index contributed by atoms with van der Waals surface area (Å²) in [5, 5.41) is 2.66. The fourth-order valence-corrected chi connectivity index (χ4v) is 2.74. The van der Waals surface area contributed by atoms with Crippen molar-refractivity contribution in [3.63, 3.8) is 0 Å². The highest BCUT2D eigenvalue weighted by Gasteiger charge is 2.19. The molecule has 1 fully saturated rings. The minimum atomic E-state index is -2.99. The minimum Gasteiger partial charge on any atom is -0.355 e. The normalized spacial score (nSPS) is 21.8. The first-order chi connectivity index (χ1) is 8.38. The van der Waals surface area contributed by atoms with Crippen molar-refractivity contribution < 1.29 is 13.2 Å². The van der Waals surface area contributed by atoms with E-state index < -0.39 is 9.84 Å². The molecule has 1 atom stereocenters. The largest absolute Gasteiger partial charge is 0.355 e. The van der Waals surface area contributed by atoms with Gasteiger partial charge in [-0.25, -0.2) is 8.42 Å². The second-order valence-corrected chi connectivity index (χ2v) is 7.41. The Hall–Kier alpha value is -0.620. The number of carbonyl (C=O) groups is 1. The summed E-state index contributed by atoms with van der Waals surface area (Å²) in [6, 6.07) is 0.499. The van der Waals surface area contributed by atoms with E-state index in [2.05, 4.69) is 17.3 Å². The van der Waals surface area contributed by atoms with E-state index in [0.29, 0.717) is 12.5 Å². The minimum absolute atomic E-state index is 0.0159. The van der Waals surface area contributed by atoms with Gasteiger partial charge in [-0.15, -0.1) is 0 Å². The first kappa shape index (κ1) is 15.4. The molecule has 0 aromatic rings. The lowest BCUT2D eigenvalue weighted by Gasteiger charge is -2.32. The lowest BCUT2D eigenvalue weighted by atomic mass is 9.98. The van der Waals surface area contributed by atoms with Crippen LogP contribution in [0.25, 0.3) is 0 Å². The molecular weight excluding hydrogens is 252 g/mol. The van der Waals surface area contributed by atoms with E-state index in [-0.39, 0.29) is 18.2 Å². The molecule has 1 aliphatic rings. The third-order valence-electron chi connectivity index (χ3n) is 3.42. The van der Waals surface area contributed by atoms with Gasteiger partial charge in [-0.05, 0) is 32.9 Å². The monoisotopic (exact) mass is 276 g/mol. The molecule has 1 heterocycles. The summed E-state index contributed by atoms with van der Waals surface area (Å²) >= 11 is 0. The van der Waals surface area contributed by atoms with Gasteiger partial charge in [-0.2, -0.15) is 0 Å². The Balaban J connectivity index is 2.16. The summed E-state index contributed by atoms with van der Waals surface area (Å²) in [6.07, 6.45) is 6.17. The Morgan fingerprint density at radius 1 is 1.39 bits per heavy atom. The van der Waals surface area contributed by atoms with Crippen molar-refractivity contribution in [1.29, 1.82) is 0 Å². The zero-order valence-corrected chi connectivity index (χ0v) is 12.1. The molecule has 1 amide bonds. The van der Waals surface area contributed by atoms with Gasteiger partial charge in [-0.3, -0.25) is 4.79 Å². The van der Waals surface area contributed by atoms with Crippen LogP contribution < -0.4 is 5.32 Å². The van der Waals surface area contributed by atoms with Crippen molar-refractivity contribution in [3.05, 3.63) is 0 Å². The molecule has 1 N–H and O–H groups in total. The number of nitrogens with one attached hydrogen (secondary N) is 1. The van der Waals surface area contributed by atoms with Gasteiger partial charge < -0.3 is 10.2 Å². The molecule has 1 rings (SSSR count). The van der Waals surface area contributed by atoms with Crippen LogP contribution in [0.3, 0.4) is 0 Å². The Morgan fingerprint density at radius 3 is 2.72 bits per heavy atom. The van der Waals surface area contributed by atoms with E-state index in [1.165, 1.54) is 19.1 Å². The Morgan fingerprint density at radius 2 is 2.11 bits per heavy atom. The van der Waals surface area contributed by atoms with E-state index in [4.69, 9.17) is 0 Å². The second-order valence-electron chi connectivity index (χ2n) is 5.15. The number of nitrogens with zero attached hydrogens (tertiary/aromatic N) is 1. The molecule has 0 aromatic carbocycles. The van der Waals surface area contributed by atoms with Crippen LogP contribution in [0.1, 0.15) is 32.1 Å². The van der Waals surface area contributed by atoms with Gasteiger partial charge >= 0.3 is 0 Å². The average Bonchev–Trinajstić information content (AvgIpc) is 2.26. The number of piperidine rings is 1. The zero-order chi connectivity index (χ0) is 13.6. The molecule has 1 unspecified atom stereocenters. The van der Waals surface area contributed by atoms with Crippen molar-refractivity contribution in [3.8, 4) is 0 Å². The quantitative estimate of drug-likeness (QED) is 0.763. The van der Waals surface area contributed by atoms with E-state index in [1.54, 1.807) is 0 Å². The number of hydrogen-bond donors (Lipinski definition) is 1. The number of amides is 1. The predicted octanol–water partition coefficient (Wildman–Crippen LogP) is 0.412. The van der Waals surface area contributed by atoms with E-state index >= 15 is 0 Å². The Kier molecular flexibility index (Phi) is 6.08. The maximum absolute atomic E-state index is 11.6. The highest BCUT2D eigenvalue weighted by atomic mass is 32.2. The maximum atomic E-state index is 11.6. The Bertz CT molecular complexity index is 368. The predicted molar refractivity (Wildman–Crippen MR) is 72.2 cm³/mol. The number of hydrogen-bond acceptors (Lipinski definition) is 4. The van der Waals surface area contributed by atoms with E-state index in [0.717, 1.165) is 19.4 Å².